The number of aromatic nitrogens is 2. The largest absolute Gasteiger partial charge is 0.369 e. The summed E-state index contributed by atoms with van der Waals surface area (Å²) < 4.78 is 0. The monoisotopic (exact) mass is 441 g/mol. The van der Waals surface area contributed by atoms with Gasteiger partial charge < -0.3 is 16.0 Å². The first-order valence-electron chi connectivity index (χ1n) is 12.4. The Labute approximate surface area is 194 Å². The van der Waals surface area contributed by atoms with Crippen molar-refractivity contribution < 1.29 is 4.79 Å². The molecule has 6 rings (SSSR count). The van der Waals surface area contributed by atoms with E-state index >= 15 is 0 Å². The summed E-state index contributed by atoms with van der Waals surface area (Å²) in [6, 6.07) is 10.9. The Morgan fingerprint density at radius 3 is 2.70 bits per heavy atom. The number of pyridine rings is 2. The summed E-state index contributed by atoms with van der Waals surface area (Å²) in [5.41, 5.74) is 14.0. The van der Waals surface area contributed by atoms with Gasteiger partial charge in [-0.25, -0.2) is 0 Å². The van der Waals surface area contributed by atoms with Crippen molar-refractivity contribution in [2.75, 3.05) is 18.0 Å². The summed E-state index contributed by atoms with van der Waals surface area (Å²) in [4.78, 5) is 24.5. The van der Waals surface area contributed by atoms with Crippen molar-refractivity contribution in [1.29, 1.82) is 0 Å². The minimum Gasteiger partial charge on any atom is -0.369 e. The fourth-order valence-corrected chi connectivity index (χ4v) is 5.33. The van der Waals surface area contributed by atoms with Gasteiger partial charge >= 0.3 is 0 Å². The van der Waals surface area contributed by atoms with E-state index in [1.807, 2.05) is 12.1 Å². The topological polar surface area (TPSA) is 84.1 Å². The van der Waals surface area contributed by atoms with Crippen LogP contribution in [-0.4, -0.2) is 41.0 Å². The van der Waals surface area contributed by atoms with E-state index in [1.54, 1.807) is 6.20 Å². The van der Waals surface area contributed by atoms with E-state index in [-0.39, 0.29) is 11.9 Å². The minimum absolute atomic E-state index is 0.0844. The second-order valence-electron chi connectivity index (χ2n) is 9.85. The van der Waals surface area contributed by atoms with Gasteiger partial charge in [-0.2, -0.15) is 0 Å². The predicted molar refractivity (Wildman–Crippen MR) is 132 cm³/mol. The van der Waals surface area contributed by atoms with Gasteiger partial charge in [0.1, 0.15) is 5.69 Å². The van der Waals surface area contributed by atoms with Crippen molar-refractivity contribution in [2.45, 2.75) is 63.5 Å². The number of carbonyl (C=O) groups excluding carboxylic acids is 1. The average molecular weight is 442 g/mol. The Morgan fingerprint density at radius 1 is 1.03 bits per heavy atom. The highest BCUT2D eigenvalue weighted by molar-refractivity contribution is 5.98. The normalized spacial score (nSPS) is 20.5. The zero-order chi connectivity index (χ0) is 22.4. The second-order valence-corrected chi connectivity index (χ2v) is 9.85. The molecule has 3 aromatic rings. The molecule has 1 unspecified atom stereocenters. The van der Waals surface area contributed by atoms with Crippen LogP contribution in [0, 0.1) is 0 Å². The zero-order valence-electron chi connectivity index (χ0n) is 19.0. The molecular formula is C27H31N5O. The number of fused-ring (bicyclic) bond motifs is 2. The number of hydrogen-bond donors (Lipinski definition) is 2. The number of nitrogens with zero attached hydrogens (tertiary/aromatic N) is 3. The van der Waals surface area contributed by atoms with Gasteiger partial charge in [0.05, 0.1) is 11.2 Å². The van der Waals surface area contributed by atoms with Crippen LogP contribution in [0.15, 0.2) is 36.5 Å². The molecule has 1 amide bonds. The minimum atomic E-state index is -0.0844. The number of benzene rings is 1. The SMILES string of the molecule is NC1CCN(c2c3c(nc4ccc(-c5ccnc(C(=O)NC6CC6)c5)cc24)CCCCC3)C1. The van der Waals surface area contributed by atoms with Crippen molar-refractivity contribution in [3.63, 3.8) is 0 Å². The molecule has 3 heterocycles. The molecular weight excluding hydrogens is 410 g/mol. The number of amides is 1. The van der Waals surface area contributed by atoms with Crippen LogP contribution in [-0.2, 0) is 12.8 Å². The quantitative estimate of drug-likeness (QED) is 0.598. The van der Waals surface area contributed by atoms with Crippen molar-refractivity contribution in [1.82, 2.24) is 15.3 Å². The molecule has 170 valence electrons. The lowest BCUT2D eigenvalue weighted by Gasteiger charge is -2.25. The number of nitrogens with two attached hydrogens (primary N) is 1. The molecule has 6 nitrogen and oxygen atoms in total. The maximum Gasteiger partial charge on any atom is 0.270 e. The molecule has 2 aliphatic carbocycles. The van der Waals surface area contributed by atoms with Crippen molar-refractivity contribution in [3.8, 4) is 11.1 Å². The molecule has 1 aliphatic heterocycles. The summed E-state index contributed by atoms with van der Waals surface area (Å²) in [6.45, 7) is 1.90. The summed E-state index contributed by atoms with van der Waals surface area (Å²) in [5.74, 6) is -0.0844. The van der Waals surface area contributed by atoms with Gasteiger partial charge in [0.15, 0.2) is 0 Å². The third-order valence-corrected chi connectivity index (χ3v) is 7.26. The fraction of sp³-hybridized carbons (Fsp3) is 0.444. The number of anilines is 1. The summed E-state index contributed by atoms with van der Waals surface area (Å²) in [6.07, 6.45) is 10.7. The second kappa shape index (κ2) is 8.41. The Balaban J connectivity index is 1.45. The van der Waals surface area contributed by atoms with Crippen LogP contribution in [0.1, 0.15) is 60.3 Å². The molecule has 0 bridgehead atoms. The molecule has 0 spiro atoms. The van der Waals surface area contributed by atoms with Crippen LogP contribution in [0.4, 0.5) is 5.69 Å². The van der Waals surface area contributed by atoms with Gasteiger partial charge in [-0.05, 0) is 85.9 Å². The van der Waals surface area contributed by atoms with Crippen LogP contribution >= 0.6 is 0 Å². The first kappa shape index (κ1) is 20.6. The average Bonchev–Trinajstić information content (AvgIpc) is 3.59. The van der Waals surface area contributed by atoms with Crippen molar-refractivity contribution in [2.24, 2.45) is 5.73 Å². The van der Waals surface area contributed by atoms with Crippen LogP contribution < -0.4 is 16.0 Å². The first-order chi connectivity index (χ1) is 16.2. The van der Waals surface area contributed by atoms with Crippen molar-refractivity contribution >= 4 is 22.5 Å². The fourth-order valence-electron chi connectivity index (χ4n) is 5.33. The molecule has 1 aromatic carbocycles. The highest BCUT2D eigenvalue weighted by atomic mass is 16.2. The van der Waals surface area contributed by atoms with Crippen LogP contribution in [0.25, 0.3) is 22.0 Å². The smallest absolute Gasteiger partial charge is 0.270 e. The third-order valence-electron chi connectivity index (χ3n) is 7.26. The predicted octanol–water partition coefficient (Wildman–Crippen LogP) is 4.00. The molecule has 1 atom stereocenters. The maximum absolute atomic E-state index is 12.5. The van der Waals surface area contributed by atoms with Crippen LogP contribution in [0.3, 0.4) is 0 Å². The molecule has 3 N–H and O–H groups in total. The number of nitrogens with one attached hydrogen (secondary N) is 1. The Hall–Kier alpha value is -2.99. The van der Waals surface area contributed by atoms with Crippen LogP contribution in [0.5, 0.6) is 0 Å². The third kappa shape index (κ3) is 4.08. The van der Waals surface area contributed by atoms with Gasteiger partial charge in [-0.3, -0.25) is 14.8 Å². The van der Waals surface area contributed by atoms with Gasteiger partial charge in [-0.15, -0.1) is 0 Å². The molecule has 3 aliphatic rings. The Morgan fingerprint density at radius 2 is 1.88 bits per heavy atom. The van der Waals surface area contributed by atoms with Crippen molar-refractivity contribution in [3.05, 3.63) is 53.5 Å². The van der Waals surface area contributed by atoms with Gasteiger partial charge in [0.2, 0.25) is 0 Å². The highest BCUT2D eigenvalue weighted by Gasteiger charge is 2.27. The van der Waals surface area contributed by atoms with E-state index < -0.39 is 0 Å². The van der Waals surface area contributed by atoms with Crippen LogP contribution in [0.2, 0.25) is 0 Å². The maximum atomic E-state index is 12.5. The Kier molecular flexibility index (Phi) is 5.25. The lowest BCUT2D eigenvalue weighted by molar-refractivity contribution is 0.0946. The lowest BCUT2D eigenvalue weighted by Crippen LogP contribution is -2.27. The molecule has 0 radical (unpaired) electrons. The summed E-state index contributed by atoms with van der Waals surface area (Å²) in [7, 11) is 0. The van der Waals surface area contributed by atoms with E-state index in [0.717, 1.165) is 61.8 Å². The lowest BCUT2D eigenvalue weighted by atomic mass is 9.97. The molecule has 1 saturated heterocycles. The highest BCUT2D eigenvalue weighted by Crippen LogP contribution is 2.38. The van der Waals surface area contributed by atoms with E-state index in [4.69, 9.17) is 10.7 Å². The number of carbonyl (C=O) groups is 1. The molecule has 2 aromatic heterocycles. The molecule has 2 fully saturated rings. The molecule has 33 heavy (non-hydrogen) atoms. The number of hydrogen-bond acceptors (Lipinski definition) is 5. The number of rotatable bonds is 4. The van der Waals surface area contributed by atoms with E-state index in [9.17, 15) is 4.79 Å². The van der Waals surface area contributed by atoms with Gasteiger partial charge in [0.25, 0.3) is 5.91 Å². The van der Waals surface area contributed by atoms with E-state index in [2.05, 4.69) is 33.4 Å². The Bertz CT molecular complexity index is 1220. The summed E-state index contributed by atoms with van der Waals surface area (Å²) >= 11 is 0. The zero-order valence-corrected chi connectivity index (χ0v) is 19.0. The number of aryl methyl sites for hydroxylation is 1. The summed E-state index contributed by atoms with van der Waals surface area (Å²) in [5, 5.41) is 4.24. The van der Waals surface area contributed by atoms with Gasteiger partial charge in [0, 0.05) is 42.5 Å². The first-order valence-corrected chi connectivity index (χ1v) is 12.4. The standard InChI is InChI=1S/C27H31N5O/c28-19-11-13-32(16-19)26-21-4-2-1-3-5-23(21)31-24-9-6-17(14-22(24)26)18-10-12-29-25(15-18)27(33)30-20-7-8-20/h6,9-10,12,14-15,19-20H,1-5,7-8,11,13,16,28H2,(H,30,33). The van der Waals surface area contributed by atoms with Gasteiger partial charge in [-0.1, -0.05) is 12.5 Å². The van der Waals surface area contributed by atoms with E-state index in [1.165, 1.54) is 41.6 Å². The molecule has 1 saturated carbocycles. The molecule has 6 heteroatoms. The van der Waals surface area contributed by atoms with E-state index in [0.29, 0.717) is 11.7 Å².